The van der Waals surface area contributed by atoms with Crippen molar-refractivity contribution in [1.82, 2.24) is 13.9 Å². The number of aryl methyl sites for hydroxylation is 4. The molecule has 0 saturated heterocycles. The highest BCUT2D eigenvalue weighted by atomic mass is 32.2. The highest BCUT2D eigenvalue weighted by Crippen LogP contribution is 2.30. The zero-order valence-electron chi connectivity index (χ0n) is 21.0. The molecule has 0 aliphatic carbocycles. The number of fused-ring (bicyclic) bond motifs is 1. The van der Waals surface area contributed by atoms with Crippen molar-refractivity contribution in [3.63, 3.8) is 0 Å². The molecule has 7 heteroatoms. The van der Waals surface area contributed by atoms with Crippen LogP contribution in [0.3, 0.4) is 0 Å². The monoisotopic (exact) mass is 489 g/mol. The first-order chi connectivity index (χ1) is 16.6. The maximum Gasteiger partial charge on any atom is 0.266 e. The predicted octanol–water partition coefficient (Wildman–Crippen LogP) is 5.26. The average molecular weight is 490 g/mol. The SMILES string of the molecule is CCc1ccc(-n2c(C(C)N(C)S(=O)(=O)c3c(C)cc(C)cc3C)nc3ccccc3c2=O)cc1. The molecule has 0 bridgehead atoms. The van der Waals surface area contributed by atoms with Gasteiger partial charge in [0.05, 0.1) is 27.5 Å². The van der Waals surface area contributed by atoms with Crippen LogP contribution in [-0.4, -0.2) is 29.3 Å². The smallest absolute Gasteiger partial charge is 0.266 e. The first-order valence-electron chi connectivity index (χ1n) is 11.7. The van der Waals surface area contributed by atoms with E-state index in [1.165, 1.54) is 8.87 Å². The van der Waals surface area contributed by atoms with E-state index in [1.807, 2.05) is 63.2 Å². The lowest BCUT2D eigenvalue weighted by molar-refractivity contribution is 0.378. The maximum atomic E-state index is 13.8. The van der Waals surface area contributed by atoms with Gasteiger partial charge in [0.1, 0.15) is 5.82 Å². The molecule has 0 radical (unpaired) electrons. The van der Waals surface area contributed by atoms with E-state index in [2.05, 4.69) is 6.92 Å². The van der Waals surface area contributed by atoms with Crippen LogP contribution >= 0.6 is 0 Å². The Bertz CT molecular complexity index is 1550. The summed E-state index contributed by atoms with van der Waals surface area (Å²) in [6, 6.07) is 17.9. The quantitative estimate of drug-likeness (QED) is 0.371. The summed E-state index contributed by atoms with van der Waals surface area (Å²) >= 11 is 0. The fourth-order valence-corrected chi connectivity index (χ4v) is 6.38. The zero-order chi connectivity index (χ0) is 25.5. The molecular formula is C28H31N3O3S. The Balaban J connectivity index is 1.92. The van der Waals surface area contributed by atoms with Crippen molar-refractivity contribution in [3.05, 3.63) is 99.1 Å². The highest BCUT2D eigenvalue weighted by Gasteiger charge is 2.32. The van der Waals surface area contributed by atoms with E-state index in [0.29, 0.717) is 38.4 Å². The Morgan fingerprint density at radius 2 is 1.57 bits per heavy atom. The molecule has 1 atom stereocenters. The second-order valence-corrected chi connectivity index (χ2v) is 11.0. The van der Waals surface area contributed by atoms with Crippen LogP contribution in [0, 0.1) is 20.8 Å². The van der Waals surface area contributed by atoms with E-state index in [4.69, 9.17) is 4.98 Å². The topological polar surface area (TPSA) is 72.3 Å². The number of hydrogen-bond acceptors (Lipinski definition) is 4. The number of para-hydroxylation sites is 1. The zero-order valence-corrected chi connectivity index (χ0v) is 21.8. The van der Waals surface area contributed by atoms with Crippen LogP contribution in [0.25, 0.3) is 16.6 Å². The van der Waals surface area contributed by atoms with Gasteiger partial charge in [-0.25, -0.2) is 13.4 Å². The summed E-state index contributed by atoms with van der Waals surface area (Å²) in [6.45, 7) is 9.41. The number of nitrogens with zero attached hydrogens (tertiary/aromatic N) is 3. The van der Waals surface area contributed by atoms with Crippen LogP contribution in [-0.2, 0) is 16.4 Å². The second kappa shape index (κ2) is 9.40. The Morgan fingerprint density at radius 1 is 0.971 bits per heavy atom. The molecule has 35 heavy (non-hydrogen) atoms. The summed E-state index contributed by atoms with van der Waals surface area (Å²) in [5.74, 6) is 0.367. The largest absolute Gasteiger partial charge is 0.268 e. The minimum atomic E-state index is -3.86. The van der Waals surface area contributed by atoms with Crippen molar-refractivity contribution in [2.75, 3.05) is 7.05 Å². The van der Waals surface area contributed by atoms with Gasteiger partial charge in [0.25, 0.3) is 5.56 Å². The molecule has 0 N–H and O–H groups in total. The Hall–Kier alpha value is -3.29. The van der Waals surface area contributed by atoms with E-state index >= 15 is 0 Å². The summed E-state index contributed by atoms with van der Waals surface area (Å²) in [7, 11) is -2.32. The third kappa shape index (κ3) is 4.42. The molecule has 1 heterocycles. The van der Waals surface area contributed by atoms with E-state index in [0.717, 1.165) is 17.5 Å². The van der Waals surface area contributed by atoms with Gasteiger partial charge in [-0.15, -0.1) is 0 Å². The van der Waals surface area contributed by atoms with Crippen LogP contribution in [0.2, 0.25) is 0 Å². The standard InChI is InChI=1S/C28H31N3O3S/c1-7-22-12-14-23(15-13-22)31-27(29-25-11-9-8-10-24(25)28(31)32)21(5)30(6)35(33,34)26-19(3)16-18(2)17-20(26)4/h8-17,21H,7H2,1-6H3. The molecule has 0 aliphatic rings. The first kappa shape index (κ1) is 24.8. The molecule has 0 spiro atoms. The maximum absolute atomic E-state index is 13.8. The van der Waals surface area contributed by atoms with Crippen molar-refractivity contribution >= 4 is 20.9 Å². The third-order valence-electron chi connectivity index (χ3n) is 6.57. The molecule has 0 amide bonds. The van der Waals surface area contributed by atoms with E-state index in [1.54, 1.807) is 32.2 Å². The summed E-state index contributed by atoms with van der Waals surface area (Å²) in [5, 5.41) is 0.485. The molecule has 6 nitrogen and oxygen atoms in total. The van der Waals surface area contributed by atoms with Crippen molar-refractivity contribution in [3.8, 4) is 5.69 Å². The van der Waals surface area contributed by atoms with E-state index in [9.17, 15) is 13.2 Å². The molecule has 1 unspecified atom stereocenters. The van der Waals surface area contributed by atoms with Gasteiger partial charge in [0, 0.05) is 7.05 Å². The second-order valence-electron chi connectivity index (χ2n) is 9.07. The lowest BCUT2D eigenvalue weighted by Gasteiger charge is -2.27. The molecule has 0 fully saturated rings. The molecule has 3 aromatic carbocycles. The Labute approximate surface area is 206 Å². The van der Waals surface area contributed by atoms with Gasteiger partial charge in [0.15, 0.2) is 0 Å². The fraction of sp³-hybridized carbons (Fsp3) is 0.286. The van der Waals surface area contributed by atoms with Gasteiger partial charge in [-0.1, -0.05) is 48.9 Å². The van der Waals surface area contributed by atoms with Crippen LogP contribution < -0.4 is 5.56 Å². The number of benzene rings is 3. The Kier molecular flexibility index (Phi) is 6.66. The summed E-state index contributed by atoms with van der Waals surface area (Å²) in [6.07, 6.45) is 0.880. The highest BCUT2D eigenvalue weighted by molar-refractivity contribution is 7.89. The summed E-state index contributed by atoms with van der Waals surface area (Å²) in [5.41, 5.74) is 4.51. The van der Waals surface area contributed by atoms with Gasteiger partial charge >= 0.3 is 0 Å². The molecule has 1 aromatic heterocycles. The molecule has 182 valence electrons. The van der Waals surface area contributed by atoms with Crippen LogP contribution in [0.15, 0.2) is 70.4 Å². The van der Waals surface area contributed by atoms with Crippen molar-refractivity contribution in [2.24, 2.45) is 0 Å². The van der Waals surface area contributed by atoms with Gasteiger partial charge in [-0.05, 0) is 75.1 Å². The van der Waals surface area contributed by atoms with Gasteiger partial charge in [-0.2, -0.15) is 4.31 Å². The molecular weight excluding hydrogens is 458 g/mol. The summed E-state index contributed by atoms with van der Waals surface area (Å²) < 4.78 is 30.4. The normalized spacial score (nSPS) is 12.9. The van der Waals surface area contributed by atoms with Crippen molar-refractivity contribution in [2.45, 2.75) is 52.0 Å². The van der Waals surface area contributed by atoms with Gasteiger partial charge < -0.3 is 0 Å². The minimum absolute atomic E-state index is 0.227. The van der Waals surface area contributed by atoms with Crippen LogP contribution in [0.4, 0.5) is 0 Å². The number of rotatable bonds is 6. The fourth-order valence-electron chi connectivity index (χ4n) is 4.65. The number of hydrogen-bond donors (Lipinski definition) is 0. The van der Waals surface area contributed by atoms with Gasteiger partial charge in [0.2, 0.25) is 10.0 Å². The minimum Gasteiger partial charge on any atom is -0.268 e. The van der Waals surface area contributed by atoms with Gasteiger partial charge in [-0.3, -0.25) is 9.36 Å². The number of aromatic nitrogens is 2. The van der Waals surface area contributed by atoms with Crippen LogP contribution in [0.5, 0.6) is 0 Å². The predicted molar refractivity (Wildman–Crippen MR) is 141 cm³/mol. The third-order valence-corrected chi connectivity index (χ3v) is 8.80. The van der Waals surface area contributed by atoms with E-state index in [-0.39, 0.29) is 5.56 Å². The Morgan fingerprint density at radius 3 is 2.17 bits per heavy atom. The average Bonchev–Trinajstić information content (AvgIpc) is 2.82. The molecule has 0 saturated carbocycles. The molecule has 0 aliphatic heterocycles. The van der Waals surface area contributed by atoms with Crippen molar-refractivity contribution < 1.29 is 8.42 Å². The first-order valence-corrected chi connectivity index (χ1v) is 13.2. The van der Waals surface area contributed by atoms with E-state index < -0.39 is 16.1 Å². The molecule has 4 rings (SSSR count). The van der Waals surface area contributed by atoms with Crippen molar-refractivity contribution in [1.29, 1.82) is 0 Å². The van der Waals surface area contributed by atoms with Crippen LogP contribution in [0.1, 0.15) is 48.0 Å². The number of sulfonamides is 1. The lowest BCUT2D eigenvalue weighted by atomic mass is 10.1. The lowest BCUT2D eigenvalue weighted by Crippen LogP contribution is -2.35. The molecule has 4 aromatic rings. The summed E-state index contributed by atoms with van der Waals surface area (Å²) in [4.78, 5) is 18.7.